The van der Waals surface area contributed by atoms with E-state index in [1.54, 1.807) is 11.1 Å². The second-order valence-corrected chi connectivity index (χ2v) is 11.0. The maximum Gasteiger partial charge on any atom is 0.305 e. The third-order valence-corrected chi connectivity index (χ3v) is 9.87. The van der Waals surface area contributed by atoms with E-state index in [0.29, 0.717) is 30.1 Å². The maximum atomic E-state index is 11.6. The van der Waals surface area contributed by atoms with Crippen LogP contribution in [0.2, 0.25) is 0 Å². The van der Waals surface area contributed by atoms with E-state index in [1.807, 2.05) is 0 Å². The van der Waals surface area contributed by atoms with Gasteiger partial charge in [-0.2, -0.15) is 0 Å². The largest absolute Gasteiger partial charge is 0.469 e. The van der Waals surface area contributed by atoms with Gasteiger partial charge in [-0.3, -0.25) is 4.79 Å². The number of rotatable bonds is 4. The first-order chi connectivity index (χ1) is 13.7. The van der Waals surface area contributed by atoms with Crippen LogP contribution >= 0.6 is 0 Å². The van der Waals surface area contributed by atoms with Crippen LogP contribution in [0.3, 0.4) is 0 Å². The lowest BCUT2D eigenvalue weighted by molar-refractivity contribution is -0.141. The normalized spacial score (nSPS) is 45.2. The molecule has 0 heterocycles. The molecule has 0 amide bonds. The second-order valence-electron chi connectivity index (χ2n) is 11.0. The minimum atomic E-state index is -0.304. The summed E-state index contributed by atoms with van der Waals surface area (Å²) in [5.74, 6) is 1.78. The Morgan fingerprint density at radius 1 is 1.17 bits per heavy atom. The van der Waals surface area contributed by atoms with Crippen molar-refractivity contribution in [2.45, 2.75) is 97.2 Å². The Morgan fingerprint density at radius 2 is 1.93 bits per heavy atom. The molecule has 8 atom stereocenters. The summed E-state index contributed by atoms with van der Waals surface area (Å²) in [5.41, 5.74) is 3.31. The molecule has 0 aromatic heterocycles. The van der Waals surface area contributed by atoms with E-state index in [-0.39, 0.29) is 29.0 Å². The van der Waals surface area contributed by atoms with Gasteiger partial charge in [-0.1, -0.05) is 31.9 Å². The van der Waals surface area contributed by atoms with Crippen LogP contribution in [0, 0.1) is 34.5 Å². The van der Waals surface area contributed by atoms with E-state index in [1.165, 1.54) is 13.5 Å². The lowest BCUT2D eigenvalue weighted by Gasteiger charge is -2.58. The zero-order valence-corrected chi connectivity index (χ0v) is 18.7. The van der Waals surface area contributed by atoms with Crippen molar-refractivity contribution >= 4 is 5.97 Å². The first kappa shape index (κ1) is 21.4. The minimum Gasteiger partial charge on any atom is -0.469 e. The highest BCUT2D eigenvalue weighted by molar-refractivity contribution is 5.69. The van der Waals surface area contributed by atoms with Crippen molar-refractivity contribution in [2.24, 2.45) is 34.5 Å². The van der Waals surface area contributed by atoms with Crippen LogP contribution in [0.5, 0.6) is 0 Å². The average Bonchev–Trinajstić information content (AvgIpc) is 3.06. The highest BCUT2D eigenvalue weighted by atomic mass is 16.5. The standard InChI is InChI=1S/C25H40O4/c1-15(5-10-23(28)29-4)19-8-9-20-18-7-6-16-13-17(26)11-12-24(16,2)21(18)14-22(27)25(19,20)3/h15-17,19,21-22,26-27H,5-14H2,1-4H3/t15-,16-,17-,19-,21+,22+,24+,25-/m1/s1. The lowest BCUT2D eigenvalue weighted by Crippen LogP contribution is -2.52. The lowest BCUT2D eigenvalue weighted by atomic mass is 9.48. The maximum absolute atomic E-state index is 11.6. The number of aliphatic hydroxyl groups is 2. The molecule has 0 unspecified atom stereocenters. The van der Waals surface area contributed by atoms with Crippen LogP contribution < -0.4 is 0 Å². The Kier molecular flexibility index (Phi) is 5.65. The van der Waals surface area contributed by atoms with Crippen LogP contribution in [0.4, 0.5) is 0 Å². The molecule has 4 nitrogen and oxygen atoms in total. The Labute approximate surface area is 176 Å². The first-order valence-electron chi connectivity index (χ1n) is 11.9. The quantitative estimate of drug-likeness (QED) is 0.529. The molecular formula is C25H40O4. The van der Waals surface area contributed by atoms with Crippen LogP contribution in [0.15, 0.2) is 11.1 Å². The van der Waals surface area contributed by atoms with Gasteiger partial charge in [-0.05, 0) is 86.9 Å². The monoisotopic (exact) mass is 404 g/mol. The predicted octanol–water partition coefficient (Wildman–Crippen LogP) is 4.63. The summed E-state index contributed by atoms with van der Waals surface area (Å²) in [6.45, 7) is 7.00. The topological polar surface area (TPSA) is 66.8 Å². The third kappa shape index (κ3) is 3.29. The van der Waals surface area contributed by atoms with Crippen molar-refractivity contribution in [2.75, 3.05) is 7.11 Å². The number of allylic oxidation sites excluding steroid dienone is 1. The molecule has 0 spiro atoms. The number of hydrogen-bond donors (Lipinski definition) is 2. The molecule has 0 aromatic rings. The van der Waals surface area contributed by atoms with E-state index in [2.05, 4.69) is 20.8 Å². The number of carbonyl (C=O) groups excluding carboxylic acids is 1. The van der Waals surface area contributed by atoms with Crippen molar-refractivity contribution in [3.05, 3.63) is 11.1 Å². The van der Waals surface area contributed by atoms with Crippen LogP contribution in [0.1, 0.15) is 85.0 Å². The van der Waals surface area contributed by atoms with Gasteiger partial charge in [0.05, 0.1) is 19.3 Å². The first-order valence-corrected chi connectivity index (χ1v) is 11.9. The van der Waals surface area contributed by atoms with Crippen molar-refractivity contribution in [1.82, 2.24) is 0 Å². The highest BCUT2D eigenvalue weighted by Crippen LogP contribution is 2.65. The fourth-order valence-electron chi connectivity index (χ4n) is 8.02. The fourth-order valence-corrected chi connectivity index (χ4v) is 8.02. The summed E-state index contributed by atoms with van der Waals surface area (Å²) in [6, 6.07) is 0. The molecule has 4 aliphatic rings. The van der Waals surface area contributed by atoms with Crippen molar-refractivity contribution < 1.29 is 19.7 Å². The number of hydrogen-bond acceptors (Lipinski definition) is 4. The van der Waals surface area contributed by atoms with Gasteiger partial charge in [-0.15, -0.1) is 0 Å². The van der Waals surface area contributed by atoms with Gasteiger partial charge < -0.3 is 14.9 Å². The number of ether oxygens (including phenoxy) is 1. The number of methoxy groups -OCH3 is 1. The zero-order valence-electron chi connectivity index (χ0n) is 18.7. The van der Waals surface area contributed by atoms with E-state index >= 15 is 0 Å². The van der Waals surface area contributed by atoms with Crippen molar-refractivity contribution in [1.29, 1.82) is 0 Å². The smallest absolute Gasteiger partial charge is 0.305 e. The molecule has 4 heteroatoms. The molecular weight excluding hydrogens is 364 g/mol. The summed E-state index contributed by atoms with van der Waals surface area (Å²) in [5, 5.41) is 21.7. The molecule has 2 N–H and O–H groups in total. The molecule has 0 bridgehead atoms. The van der Waals surface area contributed by atoms with Gasteiger partial charge in [0.2, 0.25) is 0 Å². The van der Waals surface area contributed by atoms with Gasteiger partial charge in [-0.25, -0.2) is 0 Å². The predicted molar refractivity (Wildman–Crippen MR) is 113 cm³/mol. The van der Waals surface area contributed by atoms with Crippen LogP contribution in [-0.4, -0.2) is 35.5 Å². The summed E-state index contributed by atoms with van der Waals surface area (Å²) in [4.78, 5) is 11.6. The Balaban J connectivity index is 1.61. The van der Waals surface area contributed by atoms with Crippen molar-refractivity contribution in [3.8, 4) is 0 Å². The van der Waals surface area contributed by atoms with Crippen LogP contribution in [0.25, 0.3) is 0 Å². The minimum absolute atomic E-state index is 0.131. The summed E-state index contributed by atoms with van der Waals surface area (Å²) >= 11 is 0. The van der Waals surface area contributed by atoms with Gasteiger partial charge >= 0.3 is 5.97 Å². The number of fused-ring (bicyclic) bond motifs is 4. The molecule has 164 valence electrons. The summed E-state index contributed by atoms with van der Waals surface area (Å²) < 4.78 is 4.84. The van der Waals surface area contributed by atoms with Crippen molar-refractivity contribution in [3.63, 3.8) is 0 Å². The van der Waals surface area contributed by atoms with Gasteiger partial charge in [0.1, 0.15) is 0 Å². The number of carbonyl (C=O) groups is 1. The molecule has 0 aromatic carbocycles. The Morgan fingerprint density at radius 3 is 2.66 bits per heavy atom. The third-order valence-electron chi connectivity index (χ3n) is 9.87. The molecule has 29 heavy (non-hydrogen) atoms. The number of esters is 1. The number of aliphatic hydroxyl groups excluding tert-OH is 2. The SMILES string of the molecule is COC(=O)CC[C@@H](C)[C@H]1CCC2=C3CC[C@@H]4C[C@H](O)CC[C@]4(C)[C@H]3C[C@H](O)[C@@]21C. The molecule has 3 fully saturated rings. The molecule has 0 saturated heterocycles. The fraction of sp³-hybridized carbons (Fsp3) is 0.880. The van der Waals surface area contributed by atoms with Gasteiger partial charge in [0.15, 0.2) is 0 Å². The molecule has 3 saturated carbocycles. The highest BCUT2D eigenvalue weighted by Gasteiger charge is 2.58. The molecule has 4 rings (SSSR count). The van der Waals surface area contributed by atoms with E-state index in [4.69, 9.17) is 4.74 Å². The second kappa shape index (κ2) is 7.67. The molecule has 4 aliphatic carbocycles. The van der Waals surface area contributed by atoms with E-state index in [9.17, 15) is 15.0 Å². The summed E-state index contributed by atoms with van der Waals surface area (Å²) in [7, 11) is 1.46. The Bertz CT molecular complexity index is 684. The Hall–Kier alpha value is -0.870. The summed E-state index contributed by atoms with van der Waals surface area (Å²) in [6.07, 6.45) is 9.26. The van der Waals surface area contributed by atoms with Gasteiger partial charge in [0.25, 0.3) is 0 Å². The molecule has 0 aliphatic heterocycles. The van der Waals surface area contributed by atoms with Crippen LogP contribution in [-0.2, 0) is 9.53 Å². The zero-order chi connectivity index (χ0) is 21.0. The van der Waals surface area contributed by atoms with E-state index in [0.717, 1.165) is 51.4 Å². The average molecular weight is 405 g/mol. The molecule has 0 radical (unpaired) electrons. The van der Waals surface area contributed by atoms with E-state index < -0.39 is 0 Å². The van der Waals surface area contributed by atoms with Gasteiger partial charge in [0, 0.05) is 11.8 Å².